The number of aliphatic hydroxyl groups excluding tert-OH is 1. The van der Waals surface area contributed by atoms with Gasteiger partial charge in [0.25, 0.3) is 5.91 Å². The summed E-state index contributed by atoms with van der Waals surface area (Å²) in [7, 11) is 1.69. The molecule has 0 saturated carbocycles. The third-order valence-corrected chi connectivity index (χ3v) is 3.79. The van der Waals surface area contributed by atoms with E-state index in [1.54, 1.807) is 31.0 Å². The maximum absolute atomic E-state index is 12.5. The van der Waals surface area contributed by atoms with Crippen molar-refractivity contribution in [3.63, 3.8) is 0 Å². The molecule has 2 N–H and O–H groups in total. The summed E-state index contributed by atoms with van der Waals surface area (Å²) in [6, 6.07) is 6.67. The van der Waals surface area contributed by atoms with Crippen LogP contribution in [-0.2, 0) is 4.79 Å². The van der Waals surface area contributed by atoms with Crippen molar-refractivity contribution in [1.29, 1.82) is 0 Å². The lowest BCUT2D eigenvalue weighted by molar-refractivity contribution is -0.133. The van der Waals surface area contributed by atoms with Crippen molar-refractivity contribution in [2.45, 2.75) is 46.3 Å². The van der Waals surface area contributed by atoms with E-state index in [1.807, 2.05) is 32.9 Å². The minimum absolute atomic E-state index is 0.0223. The predicted octanol–water partition coefficient (Wildman–Crippen LogP) is 1.98. The monoisotopic (exact) mass is 320 g/mol. The van der Waals surface area contributed by atoms with Crippen molar-refractivity contribution in [3.8, 4) is 0 Å². The Hall–Kier alpha value is -1.88. The summed E-state index contributed by atoms with van der Waals surface area (Å²) in [4.78, 5) is 26.5. The number of amides is 2. The third kappa shape index (κ3) is 6.02. The average Bonchev–Trinajstić information content (AvgIpc) is 2.49. The highest BCUT2D eigenvalue weighted by Gasteiger charge is 2.27. The standard InChI is InChI=1S/C18H28N2O3/c1-12(2)16(18(23)20(5)11-10-14(4)21)19-17(22)15-8-6-13(3)7-9-15/h6-9,12,14,16,21H,10-11H2,1-5H3,(H,19,22). The normalized spacial score (nSPS) is 13.5. The second-order valence-electron chi connectivity index (χ2n) is 6.46. The fourth-order valence-electron chi connectivity index (χ4n) is 2.17. The molecule has 0 radical (unpaired) electrons. The molecule has 0 aliphatic rings. The van der Waals surface area contributed by atoms with Crippen molar-refractivity contribution >= 4 is 11.8 Å². The van der Waals surface area contributed by atoms with Crippen molar-refractivity contribution in [2.24, 2.45) is 5.92 Å². The number of nitrogens with one attached hydrogen (secondary N) is 1. The number of carbonyl (C=O) groups excluding carboxylic acids is 2. The van der Waals surface area contributed by atoms with Crippen molar-refractivity contribution in [2.75, 3.05) is 13.6 Å². The van der Waals surface area contributed by atoms with Crippen LogP contribution in [0, 0.1) is 12.8 Å². The molecular formula is C18H28N2O3. The van der Waals surface area contributed by atoms with E-state index < -0.39 is 12.1 Å². The van der Waals surface area contributed by atoms with Gasteiger partial charge in [-0.05, 0) is 38.3 Å². The number of benzene rings is 1. The molecule has 1 aromatic carbocycles. The number of carbonyl (C=O) groups is 2. The lowest BCUT2D eigenvalue weighted by atomic mass is 10.0. The molecule has 5 nitrogen and oxygen atoms in total. The summed E-state index contributed by atoms with van der Waals surface area (Å²) in [6.45, 7) is 7.91. The van der Waals surface area contributed by atoms with Crippen LogP contribution in [0.15, 0.2) is 24.3 Å². The first-order chi connectivity index (χ1) is 10.7. The number of likely N-dealkylation sites (N-methyl/N-ethyl adjacent to an activating group) is 1. The summed E-state index contributed by atoms with van der Waals surface area (Å²) >= 11 is 0. The molecule has 0 heterocycles. The van der Waals surface area contributed by atoms with Crippen LogP contribution in [-0.4, -0.2) is 47.6 Å². The second-order valence-corrected chi connectivity index (χ2v) is 6.46. The van der Waals surface area contributed by atoms with Crippen LogP contribution >= 0.6 is 0 Å². The smallest absolute Gasteiger partial charge is 0.251 e. The number of aliphatic hydroxyl groups is 1. The number of aryl methyl sites for hydroxylation is 1. The van der Waals surface area contributed by atoms with Crippen molar-refractivity contribution in [3.05, 3.63) is 35.4 Å². The number of hydrogen-bond acceptors (Lipinski definition) is 3. The molecule has 0 aromatic heterocycles. The first-order valence-corrected chi connectivity index (χ1v) is 8.03. The first-order valence-electron chi connectivity index (χ1n) is 8.03. The van der Waals surface area contributed by atoms with Crippen molar-refractivity contribution in [1.82, 2.24) is 10.2 Å². The van der Waals surface area contributed by atoms with Gasteiger partial charge in [-0.2, -0.15) is 0 Å². The van der Waals surface area contributed by atoms with Gasteiger partial charge in [0.05, 0.1) is 6.10 Å². The van der Waals surface area contributed by atoms with E-state index >= 15 is 0 Å². The van der Waals surface area contributed by atoms with Crippen LogP contribution in [0.3, 0.4) is 0 Å². The van der Waals surface area contributed by atoms with E-state index in [1.165, 1.54) is 0 Å². The zero-order valence-electron chi connectivity index (χ0n) is 14.7. The highest BCUT2D eigenvalue weighted by molar-refractivity contribution is 5.97. The Labute approximate surface area is 138 Å². The summed E-state index contributed by atoms with van der Waals surface area (Å²) in [5.74, 6) is -0.409. The van der Waals surface area contributed by atoms with Crippen molar-refractivity contribution < 1.29 is 14.7 Å². The fourth-order valence-corrected chi connectivity index (χ4v) is 2.17. The minimum atomic E-state index is -0.581. The molecule has 0 fully saturated rings. The zero-order chi connectivity index (χ0) is 17.6. The van der Waals surface area contributed by atoms with Crippen LogP contribution in [0.1, 0.15) is 43.1 Å². The van der Waals surface area contributed by atoms with E-state index in [0.717, 1.165) is 5.56 Å². The van der Waals surface area contributed by atoms with Gasteiger partial charge in [-0.1, -0.05) is 31.5 Å². The molecule has 1 rings (SSSR count). The highest BCUT2D eigenvalue weighted by atomic mass is 16.3. The van der Waals surface area contributed by atoms with Gasteiger partial charge in [0.1, 0.15) is 6.04 Å². The Kier molecular flexibility index (Phi) is 7.23. The van der Waals surface area contributed by atoms with Gasteiger partial charge in [0.2, 0.25) is 5.91 Å². The van der Waals surface area contributed by atoms with E-state index in [0.29, 0.717) is 18.5 Å². The van der Waals surface area contributed by atoms with Gasteiger partial charge >= 0.3 is 0 Å². The molecule has 0 aliphatic carbocycles. The number of rotatable bonds is 7. The van der Waals surface area contributed by atoms with Crippen LogP contribution < -0.4 is 5.32 Å². The highest BCUT2D eigenvalue weighted by Crippen LogP contribution is 2.09. The van der Waals surface area contributed by atoms with Crippen LogP contribution in [0.5, 0.6) is 0 Å². The predicted molar refractivity (Wildman–Crippen MR) is 91.2 cm³/mol. The zero-order valence-corrected chi connectivity index (χ0v) is 14.7. The largest absolute Gasteiger partial charge is 0.393 e. The first kappa shape index (κ1) is 19.2. The molecule has 0 spiro atoms. The van der Waals surface area contributed by atoms with E-state index in [2.05, 4.69) is 5.32 Å². The maximum Gasteiger partial charge on any atom is 0.251 e. The number of nitrogens with zero attached hydrogens (tertiary/aromatic N) is 1. The van der Waals surface area contributed by atoms with Crippen LogP contribution in [0.25, 0.3) is 0 Å². The lowest BCUT2D eigenvalue weighted by Gasteiger charge is -2.27. The SMILES string of the molecule is Cc1ccc(C(=O)NC(C(=O)N(C)CCC(C)O)C(C)C)cc1. The molecule has 2 unspecified atom stereocenters. The maximum atomic E-state index is 12.5. The fraction of sp³-hybridized carbons (Fsp3) is 0.556. The number of hydrogen-bond donors (Lipinski definition) is 2. The molecule has 23 heavy (non-hydrogen) atoms. The Morgan fingerprint density at radius 1 is 1.17 bits per heavy atom. The van der Waals surface area contributed by atoms with Gasteiger partial charge in [0.15, 0.2) is 0 Å². The Balaban J connectivity index is 2.76. The van der Waals surface area contributed by atoms with E-state index in [9.17, 15) is 14.7 Å². The molecule has 0 bridgehead atoms. The quantitative estimate of drug-likeness (QED) is 0.807. The molecule has 0 aliphatic heterocycles. The molecular weight excluding hydrogens is 292 g/mol. The minimum Gasteiger partial charge on any atom is -0.393 e. The summed E-state index contributed by atoms with van der Waals surface area (Å²) in [5.41, 5.74) is 1.62. The molecule has 2 amide bonds. The van der Waals surface area contributed by atoms with Crippen LogP contribution in [0.4, 0.5) is 0 Å². The summed E-state index contributed by atoms with van der Waals surface area (Å²) in [5, 5.41) is 12.2. The van der Waals surface area contributed by atoms with Crippen LogP contribution in [0.2, 0.25) is 0 Å². The van der Waals surface area contributed by atoms with E-state index in [4.69, 9.17) is 0 Å². The van der Waals surface area contributed by atoms with E-state index in [-0.39, 0.29) is 17.7 Å². The molecule has 0 saturated heterocycles. The molecule has 1 aromatic rings. The molecule has 128 valence electrons. The third-order valence-electron chi connectivity index (χ3n) is 3.79. The van der Waals surface area contributed by atoms with Gasteiger partial charge in [-0.25, -0.2) is 0 Å². The van der Waals surface area contributed by atoms with Gasteiger partial charge in [-0.3, -0.25) is 9.59 Å². The second kappa shape index (κ2) is 8.67. The average molecular weight is 320 g/mol. The summed E-state index contributed by atoms with van der Waals surface area (Å²) in [6.07, 6.45) is 0.0591. The Bertz CT molecular complexity index is 524. The Morgan fingerprint density at radius 2 is 1.74 bits per heavy atom. The van der Waals surface area contributed by atoms with Gasteiger partial charge < -0.3 is 15.3 Å². The van der Waals surface area contributed by atoms with Gasteiger partial charge in [-0.15, -0.1) is 0 Å². The topological polar surface area (TPSA) is 69.6 Å². The summed E-state index contributed by atoms with van der Waals surface area (Å²) < 4.78 is 0. The van der Waals surface area contributed by atoms with Gasteiger partial charge in [0, 0.05) is 19.2 Å². The molecule has 5 heteroatoms. The molecule has 2 atom stereocenters. The lowest BCUT2D eigenvalue weighted by Crippen LogP contribution is -2.50. The Morgan fingerprint density at radius 3 is 2.22 bits per heavy atom.